The SMILES string of the molecule is COc1cccc2c1C(=O)CN(CCCN1CCN(c3ccccc3F)CC1)S2. The molecule has 0 saturated carbocycles. The predicted molar refractivity (Wildman–Crippen MR) is 114 cm³/mol. The summed E-state index contributed by atoms with van der Waals surface area (Å²) < 4.78 is 21.4. The molecule has 0 radical (unpaired) electrons. The van der Waals surface area contributed by atoms with Crippen LogP contribution in [-0.2, 0) is 0 Å². The highest BCUT2D eigenvalue weighted by molar-refractivity contribution is 7.97. The van der Waals surface area contributed by atoms with Crippen LogP contribution in [0.3, 0.4) is 0 Å². The molecule has 0 atom stereocenters. The van der Waals surface area contributed by atoms with Crippen LogP contribution in [0.2, 0.25) is 0 Å². The van der Waals surface area contributed by atoms with Gasteiger partial charge in [-0.2, -0.15) is 0 Å². The number of hydrogen-bond acceptors (Lipinski definition) is 6. The molecule has 7 heteroatoms. The highest BCUT2D eigenvalue weighted by atomic mass is 32.2. The predicted octanol–water partition coefficient (Wildman–Crippen LogP) is 3.55. The number of Topliss-reactive ketones (excluding diaryl/α,β-unsaturated/α-hetero) is 1. The third-order valence-electron chi connectivity index (χ3n) is 5.48. The summed E-state index contributed by atoms with van der Waals surface area (Å²) in [5.74, 6) is 0.631. The highest BCUT2D eigenvalue weighted by Crippen LogP contribution is 2.36. The van der Waals surface area contributed by atoms with Gasteiger partial charge in [0.25, 0.3) is 0 Å². The van der Waals surface area contributed by atoms with Crippen molar-refractivity contribution in [3.63, 3.8) is 0 Å². The molecule has 4 rings (SSSR count). The summed E-state index contributed by atoms with van der Waals surface area (Å²) >= 11 is 1.64. The van der Waals surface area contributed by atoms with E-state index in [-0.39, 0.29) is 11.6 Å². The molecule has 0 aromatic heterocycles. The van der Waals surface area contributed by atoms with Gasteiger partial charge in [0, 0.05) is 37.6 Å². The Balaban J connectivity index is 1.24. The number of hydrogen-bond donors (Lipinski definition) is 0. The van der Waals surface area contributed by atoms with Gasteiger partial charge in [0.15, 0.2) is 5.78 Å². The Morgan fingerprint density at radius 1 is 1.03 bits per heavy atom. The number of fused-ring (bicyclic) bond motifs is 1. The van der Waals surface area contributed by atoms with E-state index < -0.39 is 0 Å². The lowest BCUT2D eigenvalue weighted by Crippen LogP contribution is -2.47. The van der Waals surface area contributed by atoms with Crippen molar-refractivity contribution in [3.05, 3.63) is 53.8 Å². The van der Waals surface area contributed by atoms with Gasteiger partial charge in [0.1, 0.15) is 11.6 Å². The number of para-hydroxylation sites is 1. The molecule has 2 aliphatic rings. The fourth-order valence-electron chi connectivity index (χ4n) is 3.96. The maximum absolute atomic E-state index is 14.0. The van der Waals surface area contributed by atoms with Crippen LogP contribution in [0.5, 0.6) is 5.75 Å². The summed E-state index contributed by atoms with van der Waals surface area (Å²) in [6.45, 7) is 5.80. The van der Waals surface area contributed by atoms with Crippen LogP contribution in [-0.4, -0.2) is 67.9 Å². The number of methoxy groups -OCH3 is 1. The minimum absolute atomic E-state index is 0.120. The second-order valence-corrected chi connectivity index (χ2v) is 8.48. The summed E-state index contributed by atoms with van der Waals surface area (Å²) in [6.07, 6.45) is 0.999. The van der Waals surface area contributed by atoms with Crippen molar-refractivity contribution in [3.8, 4) is 5.75 Å². The molecule has 2 aromatic rings. The molecule has 0 bridgehead atoms. The molecule has 29 heavy (non-hydrogen) atoms. The fraction of sp³-hybridized carbons (Fsp3) is 0.409. The Kier molecular flexibility index (Phi) is 6.37. The molecule has 0 N–H and O–H groups in total. The van der Waals surface area contributed by atoms with Gasteiger partial charge < -0.3 is 9.64 Å². The average molecular weight is 416 g/mol. The zero-order valence-corrected chi connectivity index (χ0v) is 17.5. The number of ketones is 1. The molecular formula is C22H26FN3O2S. The molecule has 2 aliphatic heterocycles. The second-order valence-electron chi connectivity index (χ2n) is 7.35. The van der Waals surface area contributed by atoms with Crippen molar-refractivity contribution in [1.29, 1.82) is 0 Å². The van der Waals surface area contributed by atoms with Gasteiger partial charge in [-0.05, 0) is 49.2 Å². The molecule has 2 aromatic carbocycles. The van der Waals surface area contributed by atoms with E-state index >= 15 is 0 Å². The van der Waals surface area contributed by atoms with Gasteiger partial charge in [-0.1, -0.05) is 18.2 Å². The van der Waals surface area contributed by atoms with Crippen LogP contribution in [0.15, 0.2) is 47.4 Å². The maximum Gasteiger partial charge on any atom is 0.182 e. The smallest absolute Gasteiger partial charge is 0.182 e. The summed E-state index contributed by atoms with van der Waals surface area (Å²) in [6, 6.07) is 12.7. The van der Waals surface area contributed by atoms with Gasteiger partial charge in [-0.25, -0.2) is 8.70 Å². The standard InChI is InChI=1S/C22H26FN3O2S/c1-28-20-8-4-9-21-22(20)19(27)16-26(29-21)11-5-10-24-12-14-25(15-13-24)18-7-3-2-6-17(18)23/h2-4,6-9H,5,10-16H2,1H3. The number of piperazine rings is 1. The van der Waals surface area contributed by atoms with Crippen molar-refractivity contribution >= 4 is 23.4 Å². The number of anilines is 1. The number of carbonyl (C=O) groups is 1. The lowest BCUT2D eigenvalue weighted by Gasteiger charge is -2.36. The monoisotopic (exact) mass is 415 g/mol. The third kappa shape index (κ3) is 4.57. The Labute approximate surface area is 175 Å². The maximum atomic E-state index is 14.0. The van der Waals surface area contributed by atoms with E-state index in [1.807, 2.05) is 30.3 Å². The Morgan fingerprint density at radius 2 is 1.83 bits per heavy atom. The highest BCUT2D eigenvalue weighted by Gasteiger charge is 2.27. The number of rotatable bonds is 6. The lowest BCUT2D eigenvalue weighted by molar-refractivity contribution is 0.0957. The molecule has 1 saturated heterocycles. The van der Waals surface area contributed by atoms with Gasteiger partial charge in [-0.3, -0.25) is 9.69 Å². The van der Waals surface area contributed by atoms with Crippen LogP contribution in [0.1, 0.15) is 16.8 Å². The number of benzene rings is 2. The summed E-state index contributed by atoms with van der Waals surface area (Å²) in [4.78, 5) is 18.1. The summed E-state index contributed by atoms with van der Waals surface area (Å²) in [7, 11) is 1.60. The van der Waals surface area contributed by atoms with Gasteiger partial charge in [0.2, 0.25) is 0 Å². The molecule has 1 fully saturated rings. The minimum Gasteiger partial charge on any atom is -0.496 e. The van der Waals surface area contributed by atoms with Crippen LogP contribution in [0.4, 0.5) is 10.1 Å². The zero-order chi connectivity index (χ0) is 20.2. The van der Waals surface area contributed by atoms with Crippen LogP contribution in [0, 0.1) is 5.82 Å². The number of ether oxygens (including phenoxy) is 1. The summed E-state index contributed by atoms with van der Waals surface area (Å²) in [5, 5.41) is 0. The van der Waals surface area contributed by atoms with Crippen LogP contribution >= 0.6 is 11.9 Å². The molecule has 0 aliphatic carbocycles. The van der Waals surface area contributed by atoms with Crippen molar-refractivity contribution in [2.45, 2.75) is 11.3 Å². The molecule has 154 valence electrons. The lowest BCUT2D eigenvalue weighted by atomic mass is 10.1. The second kappa shape index (κ2) is 9.15. The first-order valence-electron chi connectivity index (χ1n) is 10.0. The van der Waals surface area contributed by atoms with Crippen LogP contribution in [0.25, 0.3) is 0 Å². The fourth-order valence-corrected chi connectivity index (χ4v) is 5.08. The van der Waals surface area contributed by atoms with E-state index in [1.165, 1.54) is 6.07 Å². The summed E-state index contributed by atoms with van der Waals surface area (Å²) in [5.41, 5.74) is 1.41. The zero-order valence-electron chi connectivity index (χ0n) is 16.6. The normalized spacial score (nSPS) is 18.0. The molecule has 0 unspecified atom stereocenters. The van der Waals surface area contributed by atoms with E-state index in [1.54, 1.807) is 25.1 Å². The number of carbonyl (C=O) groups excluding carboxylic acids is 1. The van der Waals surface area contributed by atoms with E-state index in [0.29, 0.717) is 23.5 Å². The van der Waals surface area contributed by atoms with Crippen molar-refractivity contribution < 1.29 is 13.9 Å². The molecular weight excluding hydrogens is 389 g/mol. The van der Waals surface area contributed by atoms with Crippen molar-refractivity contribution in [2.24, 2.45) is 0 Å². The average Bonchev–Trinajstić information content (AvgIpc) is 2.74. The molecule has 5 nitrogen and oxygen atoms in total. The first-order valence-corrected chi connectivity index (χ1v) is 10.8. The first-order chi connectivity index (χ1) is 14.2. The van der Waals surface area contributed by atoms with E-state index in [2.05, 4.69) is 14.1 Å². The third-order valence-corrected chi connectivity index (χ3v) is 6.59. The molecule has 0 spiro atoms. The van der Waals surface area contributed by atoms with Gasteiger partial charge in [0.05, 0.1) is 24.9 Å². The minimum atomic E-state index is -0.148. The van der Waals surface area contributed by atoms with E-state index in [4.69, 9.17) is 4.74 Å². The first kappa shape index (κ1) is 20.2. The molecule has 2 heterocycles. The Morgan fingerprint density at radius 3 is 2.59 bits per heavy atom. The van der Waals surface area contributed by atoms with Crippen molar-refractivity contribution in [1.82, 2.24) is 9.21 Å². The number of halogens is 1. The Hall–Kier alpha value is -2.09. The topological polar surface area (TPSA) is 36.0 Å². The largest absolute Gasteiger partial charge is 0.496 e. The number of nitrogens with zero attached hydrogens (tertiary/aromatic N) is 3. The molecule has 0 amide bonds. The van der Waals surface area contributed by atoms with Crippen molar-refractivity contribution in [2.75, 3.05) is 57.8 Å². The van der Waals surface area contributed by atoms with E-state index in [9.17, 15) is 9.18 Å². The van der Waals surface area contributed by atoms with E-state index in [0.717, 1.165) is 50.6 Å². The van der Waals surface area contributed by atoms with Gasteiger partial charge >= 0.3 is 0 Å². The van der Waals surface area contributed by atoms with Gasteiger partial charge in [-0.15, -0.1) is 0 Å². The Bertz CT molecular complexity index is 871. The quantitative estimate of drug-likeness (QED) is 0.672. The van der Waals surface area contributed by atoms with Crippen LogP contribution < -0.4 is 9.64 Å².